The van der Waals surface area contributed by atoms with Gasteiger partial charge >= 0.3 is 5.97 Å². The van der Waals surface area contributed by atoms with E-state index >= 15 is 0 Å². The number of fused-ring (bicyclic) bond motifs is 1. The lowest BCUT2D eigenvalue weighted by molar-refractivity contribution is 0.0698. The van der Waals surface area contributed by atoms with Crippen LogP contribution >= 0.6 is 11.8 Å². The number of para-hydroxylation sites is 1. The lowest BCUT2D eigenvalue weighted by Crippen LogP contribution is -2.14. The van der Waals surface area contributed by atoms with Crippen LogP contribution in [0, 0.1) is 0 Å². The lowest BCUT2D eigenvalue weighted by atomic mass is 10.1. The average Bonchev–Trinajstić information content (AvgIpc) is 2.85. The van der Waals surface area contributed by atoms with E-state index in [1.54, 1.807) is 61.3 Å². The fraction of sp³-hybridized carbons (Fsp3) is 0.111. The van der Waals surface area contributed by atoms with E-state index in [0.29, 0.717) is 23.7 Å². The van der Waals surface area contributed by atoms with Crippen molar-refractivity contribution < 1.29 is 24.2 Å². The number of thioether (sulfide) groups is 1. The smallest absolute Gasteiger partial charge is 0.337 e. The summed E-state index contributed by atoms with van der Waals surface area (Å²) in [5.41, 5.74) is 0.675. The summed E-state index contributed by atoms with van der Waals surface area (Å²) < 4.78 is 11.1. The maximum atomic E-state index is 12.6. The number of hydrogen-bond acceptors (Lipinski definition) is 5. The maximum Gasteiger partial charge on any atom is 0.337 e. The van der Waals surface area contributed by atoms with Gasteiger partial charge in [0.2, 0.25) is 0 Å². The number of carbonyl (C=O) groups excluding carboxylic acids is 1. The maximum absolute atomic E-state index is 12.6. The van der Waals surface area contributed by atoms with Crippen molar-refractivity contribution in [1.82, 2.24) is 0 Å². The van der Waals surface area contributed by atoms with Gasteiger partial charge in [-0.15, -0.1) is 11.8 Å². The van der Waals surface area contributed by atoms with Crippen LogP contribution in [-0.4, -0.2) is 36.5 Å². The Morgan fingerprint density at radius 2 is 1.59 bits per heavy atom. The number of hydrogen-bond donors (Lipinski definition) is 2. The van der Waals surface area contributed by atoms with E-state index in [0.717, 1.165) is 16.5 Å². The Kier molecular flexibility index (Phi) is 7.47. The van der Waals surface area contributed by atoms with Crippen molar-refractivity contribution in [2.45, 2.75) is 4.90 Å². The molecule has 0 spiro atoms. The molecule has 0 bridgehead atoms. The Labute approximate surface area is 201 Å². The topological polar surface area (TPSA) is 84.9 Å². The number of carboxylic acid groups (broad SMARTS) is 1. The van der Waals surface area contributed by atoms with Gasteiger partial charge in [-0.05, 0) is 71.4 Å². The Bertz CT molecular complexity index is 1320. The van der Waals surface area contributed by atoms with Gasteiger partial charge < -0.3 is 19.9 Å². The van der Waals surface area contributed by atoms with E-state index in [9.17, 15) is 14.7 Å². The number of ether oxygens (including phenoxy) is 2. The molecule has 4 aromatic rings. The van der Waals surface area contributed by atoms with Gasteiger partial charge in [0.25, 0.3) is 5.91 Å². The number of carbonyl (C=O) groups is 2. The third kappa shape index (κ3) is 5.75. The van der Waals surface area contributed by atoms with Crippen LogP contribution in [0.3, 0.4) is 0 Å². The second-order valence-electron chi connectivity index (χ2n) is 7.44. The molecule has 0 saturated carbocycles. The van der Waals surface area contributed by atoms with E-state index in [4.69, 9.17) is 9.47 Å². The first-order valence-electron chi connectivity index (χ1n) is 10.6. The van der Waals surface area contributed by atoms with Crippen LogP contribution in [0.15, 0.2) is 89.8 Å². The zero-order valence-corrected chi connectivity index (χ0v) is 19.3. The first-order valence-corrected chi connectivity index (χ1v) is 11.6. The predicted molar refractivity (Wildman–Crippen MR) is 134 cm³/mol. The molecule has 7 heteroatoms. The van der Waals surface area contributed by atoms with Crippen LogP contribution in [0.25, 0.3) is 10.8 Å². The van der Waals surface area contributed by atoms with Crippen LogP contribution in [0.2, 0.25) is 0 Å². The highest BCUT2D eigenvalue weighted by molar-refractivity contribution is 7.99. The number of carboxylic acids is 1. The van der Waals surface area contributed by atoms with Gasteiger partial charge in [0.15, 0.2) is 0 Å². The Morgan fingerprint density at radius 1 is 0.882 bits per heavy atom. The molecule has 1 amide bonds. The standard InChI is InChI=1S/C27H23NO5S/c1-32-14-15-34-23-13-9-19-16-22(12-8-20(19)17-23)33-21-10-6-18(7-11-21)26(29)28-25-5-3-2-4-24(25)27(30)31/h2-13,16-17H,14-15H2,1H3,(H,28,29)(H,30,31). The van der Waals surface area contributed by atoms with Crippen molar-refractivity contribution in [2.75, 3.05) is 24.8 Å². The number of benzene rings is 4. The monoisotopic (exact) mass is 473 g/mol. The van der Waals surface area contributed by atoms with E-state index in [-0.39, 0.29) is 11.3 Å². The number of nitrogens with one attached hydrogen (secondary N) is 1. The molecule has 0 saturated heterocycles. The summed E-state index contributed by atoms with van der Waals surface area (Å²) >= 11 is 1.75. The van der Waals surface area contributed by atoms with Crippen LogP contribution in [0.5, 0.6) is 11.5 Å². The van der Waals surface area contributed by atoms with E-state index in [1.807, 2.05) is 18.2 Å². The second kappa shape index (κ2) is 10.9. The fourth-order valence-corrected chi connectivity index (χ4v) is 4.24. The van der Waals surface area contributed by atoms with Crippen LogP contribution in [0.1, 0.15) is 20.7 Å². The third-order valence-corrected chi connectivity index (χ3v) is 6.06. The molecule has 4 aromatic carbocycles. The van der Waals surface area contributed by atoms with Crippen molar-refractivity contribution in [3.05, 3.63) is 96.1 Å². The highest BCUT2D eigenvalue weighted by Crippen LogP contribution is 2.29. The molecular weight excluding hydrogens is 450 g/mol. The molecule has 2 N–H and O–H groups in total. The first-order chi connectivity index (χ1) is 16.5. The SMILES string of the molecule is COCCSc1ccc2cc(Oc3ccc(C(=O)Nc4ccccc4C(=O)O)cc3)ccc2c1. The molecule has 0 unspecified atom stereocenters. The molecule has 0 aliphatic rings. The normalized spacial score (nSPS) is 10.7. The molecule has 34 heavy (non-hydrogen) atoms. The van der Waals surface area contributed by atoms with Crippen molar-refractivity contribution >= 4 is 40.1 Å². The summed E-state index contributed by atoms with van der Waals surface area (Å²) in [7, 11) is 1.70. The number of anilines is 1. The van der Waals surface area contributed by atoms with E-state index in [1.165, 1.54) is 11.0 Å². The Hall–Kier alpha value is -3.81. The van der Waals surface area contributed by atoms with Gasteiger partial charge in [0.1, 0.15) is 11.5 Å². The van der Waals surface area contributed by atoms with Gasteiger partial charge in [0, 0.05) is 23.3 Å². The minimum Gasteiger partial charge on any atom is -0.478 e. The highest BCUT2D eigenvalue weighted by atomic mass is 32.2. The van der Waals surface area contributed by atoms with Gasteiger partial charge in [-0.2, -0.15) is 0 Å². The molecule has 4 rings (SSSR count). The molecule has 0 aliphatic carbocycles. The summed E-state index contributed by atoms with van der Waals surface area (Å²) in [6.45, 7) is 0.714. The first kappa shape index (κ1) is 23.4. The van der Waals surface area contributed by atoms with Crippen molar-refractivity contribution in [2.24, 2.45) is 0 Å². The third-order valence-electron chi connectivity index (χ3n) is 5.10. The van der Waals surface area contributed by atoms with E-state index < -0.39 is 11.9 Å². The van der Waals surface area contributed by atoms with Gasteiger partial charge in [-0.25, -0.2) is 4.79 Å². The molecule has 0 radical (unpaired) electrons. The summed E-state index contributed by atoms with van der Waals surface area (Å²) in [6.07, 6.45) is 0. The summed E-state index contributed by atoms with van der Waals surface area (Å²) in [4.78, 5) is 25.1. The Morgan fingerprint density at radius 3 is 2.35 bits per heavy atom. The average molecular weight is 474 g/mol. The zero-order valence-electron chi connectivity index (χ0n) is 18.5. The summed E-state index contributed by atoms with van der Waals surface area (Å²) in [6, 6.07) is 25.2. The Balaban J connectivity index is 1.42. The van der Waals surface area contributed by atoms with Crippen molar-refractivity contribution in [3.63, 3.8) is 0 Å². The second-order valence-corrected chi connectivity index (χ2v) is 8.61. The molecule has 0 fully saturated rings. The van der Waals surface area contributed by atoms with Crippen molar-refractivity contribution in [1.29, 1.82) is 0 Å². The number of rotatable bonds is 9. The molecule has 6 nitrogen and oxygen atoms in total. The van der Waals surface area contributed by atoms with E-state index in [2.05, 4.69) is 23.5 Å². The van der Waals surface area contributed by atoms with Crippen molar-refractivity contribution in [3.8, 4) is 11.5 Å². The number of methoxy groups -OCH3 is 1. The minimum atomic E-state index is -1.10. The van der Waals surface area contributed by atoms with Gasteiger partial charge in [-0.3, -0.25) is 4.79 Å². The highest BCUT2D eigenvalue weighted by Gasteiger charge is 2.13. The summed E-state index contributed by atoms with van der Waals surface area (Å²) in [5.74, 6) is 0.693. The van der Waals surface area contributed by atoms with Crippen LogP contribution < -0.4 is 10.1 Å². The lowest BCUT2D eigenvalue weighted by Gasteiger charge is -2.10. The largest absolute Gasteiger partial charge is 0.478 e. The molecule has 172 valence electrons. The quantitative estimate of drug-likeness (QED) is 0.219. The van der Waals surface area contributed by atoms with Gasteiger partial charge in [-0.1, -0.05) is 24.3 Å². The van der Waals surface area contributed by atoms with Gasteiger partial charge in [0.05, 0.1) is 17.9 Å². The van der Waals surface area contributed by atoms with Crippen LogP contribution in [-0.2, 0) is 4.74 Å². The molecule has 0 aliphatic heterocycles. The van der Waals surface area contributed by atoms with Crippen LogP contribution in [0.4, 0.5) is 5.69 Å². The fourth-order valence-electron chi connectivity index (χ4n) is 3.38. The minimum absolute atomic E-state index is 0.0350. The zero-order chi connectivity index (χ0) is 23.9. The summed E-state index contributed by atoms with van der Waals surface area (Å²) in [5, 5.41) is 14.1. The molecule has 0 aromatic heterocycles. The molecule has 0 atom stereocenters. The molecular formula is C27H23NO5S. The predicted octanol–water partition coefficient (Wildman–Crippen LogP) is 6.32. The molecule has 0 heterocycles. The number of amides is 1. The number of aromatic carboxylic acids is 1.